The summed E-state index contributed by atoms with van der Waals surface area (Å²) in [6.07, 6.45) is -5.62. The van der Waals surface area contributed by atoms with E-state index in [-0.39, 0.29) is 11.5 Å². The Bertz CT molecular complexity index is 910. The number of rotatable bonds is 9. The summed E-state index contributed by atoms with van der Waals surface area (Å²) in [6, 6.07) is 10.7. The molecule has 0 radical (unpaired) electrons. The molecule has 2 aromatic rings. The average molecular weight is 439 g/mol. The molecule has 0 saturated heterocycles. The molecule has 166 valence electrons. The number of anilines is 1. The minimum Gasteiger partial charge on any atom is -0.482 e. The third kappa shape index (κ3) is 8.00. The van der Waals surface area contributed by atoms with Crippen molar-refractivity contribution in [3.63, 3.8) is 0 Å². The topological polar surface area (TPSA) is 90.9 Å². The standard InChI is InChI=1S/C21H20F3NO6/c1-3-18(26)14-4-8-16(9-5-14)29-12-19(27)30-13(2)20(28)25-15-6-10-17(11-7-15)31-21(22,23)24/h4-11,13H,3,12H2,1-2H3,(H,25,28). The number of carbonyl (C=O) groups is 3. The Morgan fingerprint density at radius 2 is 1.55 bits per heavy atom. The minimum absolute atomic E-state index is 0.0201. The van der Waals surface area contributed by atoms with Crippen molar-refractivity contribution in [1.29, 1.82) is 0 Å². The fourth-order valence-corrected chi connectivity index (χ4v) is 2.35. The van der Waals surface area contributed by atoms with Gasteiger partial charge in [-0.05, 0) is 55.5 Å². The summed E-state index contributed by atoms with van der Waals surface area (Å²) in [6.45, 7) is 2.62. The van der Waals surface area contributed by atoms with Crippen LogP contribution in [-0.2, 0) is 14.3 Å². The van der Waals surface area contributed by atoms with Gasteiger partial charge in [-0.3, -0.25) is 9.59 Å². The molecule has 1 amide bonds. The summed E-state index contributed by atoms with van der Waals surface area (Å²) in [5.74, 6) is -1.59. The zero-order valence-electron chi connectivity index (χ0n) is 16.7. The number of nitrogens with one attached hydrogen (secondary N) is 1. The zero-order valence-corrected chi connectivity index (χ0v) is 16.7. The van der Waals surface area contributed by atoms with Gasteiger partial charge in [0.15, 0.2) is 18.5 Å². The van der Waals surface area contributed by atoms with Crippen LogP contribution in [0.1, 0.15) is 30.6 Å². The van der Waals surface area contributed by atoms with Crippen molar-refractivity contribution in [2.45, 2.75) is 32.7 Å². The number of benzene rings is 2. The quantitative estimate of drug-likeness (QED) is 0.467. The van der Waals surface area contributed by atoms with Crippen molar-refractivity contribution in [3.8, 4) is 11.5 Å². The summed E-state index contributed by atoms with van der Waals surface area (Å²) in [4.78, 5) is 35.5. The second-order valence-corrected chi connectivity index (χ2v) is 6.28. The van der Waals surface area contributed by atoms with Crippen LogP contribution in [0.15, 0.2) is 48.5 Å². The van der Waals surface area contributed by atoms with Crippen LogP contribution in [0.2, 0.25) is 0 Å². The van der Waals surface area contributed by atoms with Crippen molar-refractivity contribution in [1.82, 2.24) is 0 Å². The van der Waals surface area contributed by atoms with E-state index >= 15 is 0 Å². The molecular weight excluding hydrogens is 419 g/mol. The number of ether oxygens (including phenoxy) is 3. The first kappa shape index (κ1) is 23.7. The van der Waals surface area contributed by atoms with E-state index in [1.165, 1.54) is 19.1 Å². The molecule has 0 aromatic heterocycles. The smallest absolute Gasteiger partial charge is 0.482 e. The number of Topliss-reactive ketones (excluding diaryl/α,β-unsaturated/α-hetero) is 1. The molecule has 0 aliphatic rings. The highest BCUT2D eigenvalue weighted by Crippen LogP contribution is 2.24. The van der Waals surface area contributed by atoms with Gasteiger partial charge >= 0.3 is 12.3 Å². The lowest BCUT2D eigenvalue weighted by atomic mass is 10.1. The normalized spacial score (nSPS) is 11.9. The van der Waals surface area contributed by atoms with E-state index < -0.39 is 36.7 Å². The minimum atomic E-state index is -4.81. The molecule has 0 aliphatic heterocycles. The third-order valence-corrected chi connectivity index (χ3v) is 3.89. The molecule has 1 N–H and O–H groups in total. The molecule has 0 fully saturated rings. The molecule has 0 bridgehead atoms. The summed E-state index contributed by atoms with van der Waals surface area (Å²) in [5, 5.41) is 2.41. The molecule has 0 saturated carbocycles. The lowest BCUT2D eigenvalue weighted by Crippen LogP contribution is -2.31. The van der Waals surface area contributed by atoms with E-state index in [4.69, 9.17) is 9.47 Å². The average Bonchev–Trinajstić information content (AvgIpc) is 2.72. The van der Waals surface area contributed by atoms with Gasteiger partial charge in [0, 0.05) is 17.7 Å². The highest BCUT2D eigenvalue weighted by molar-refractivity contribution is 5.96. The monoisotopic (exact) mass is 439 g/mol. The maximum absolute atomic E-state index is 12.2. The second-order valence-electron chi connectivity index (χ2n) is 6.28. The Balaban J connectivity index is 1.80. The first-order chi connectivity index (χ1) is 14.6. The van der Waals surface area contributed by atoms with Gasteiger partial charge in [0.2, 0.25) is 0 Å². The summed E-state index contributed by atoms with van der Waals surface area (Å²) in [5.41, 5.74) is 0.723. The van der Waals surface area contributed by atoms with Crippen LogP contribution in [0.4, 0.5) is 18.9 Å². The molecule has 2 rings (SSSR count). The number of ketones is 1. The van der Waals surface area contributed by atoms with E-state index in [0.717, 1.165) is 12.1 Å². The molecular formula is C21H20F3NO6. The number of alkyl halides is 3. The Hall–Kier alpha value is -3.56. The van der Waals surface area contributed by atoms with Gasteiger partial charge < -0.3 is 19.5 Å². The molecule has 0 heterocycles. The van der Waals surface area contributed by atoms with Crippen LogP contribution in [0.5, 0.6) is 11.5 Å². The number of carbonyl (C=O) groups excluding carboxylic acids is 3. The van der Waals surface area contributed by atoms with Gasteiger partial charge in [0.25, 0.3) is 5.91 Å². The Morgan fingerprint density at radius 3 is 2.10 bits per heavy atom. The number of amides is 1. The molecule has 1 unspecified atom stereocenters. The SMILES string of the molecule is CCC(=O)c1ccc(OCC(=O)OC(C)C(=O)Nc2ccc(OC(F)(F)F)cc2)cc1. The number of esters is 1. The summed E-state index contributed by atoms with van der Waals surface area (Å²) in [7, 11) is 0. The van der Waals surface area contributed by atoms with Gasteiger partial charge in [0.1, 0.15) is 11.5 Å². The van der Waals surface area contributed by atoms with Crippen LogP contribution in [0.3, 0.4) is 0 Å². The van der Waals surface area contributed by atoms with E-state index in [9.17, 15) is 27.6 Å². The summed E-state index contributed by atoms with van der Waals surface area (Å²) < 4.78 is 50.4. The predicted octanol–water partition coefficient (Wildman–Crippen LogP) is 4.13. The highest BCUT2D eigenvalue weighted by Gasteiger charge is 2.31. The van der Waals surface area contributed by atoms with Gasteiger partial charge in [-0.1, -0.05) is 6.92 Å². The number of halogens is 3. The van der Waals surface area contributed by atoms with E-state index in [2.05, 4.69) is 10.1 Å². The molecule has 2 aromatic carbocycles. The van der Waals surface area contributed by atoms with Crippen molar-refractivity contribution in [3.05, 3.63) is 54.1 Å². The molecule has 1 atom stereocenters. The van der Waals surface area contributed by atoms with Crippen LogP contribution in [0.25, 0.3) is 0 Å². The maximum atomic E-state index is 12.2. The molecule has 7 nitrogen and oxygen atoms in total. The Labute approximate surface area is 176 Å². The van der Waals surface area contributed by atoms with Gasteiger partial charge in [-0.15, -0.1) is 13.2 Å². The van der Waals surface area contributed by atoms with Crippen molar-refractivity contribution >= 4 is 23.3 Å². The Morgan fingerprint density at radius 1 is 0.968 bits per heavy atom. The van der Waals surface area contributed by atoms with Crippen molar-refractivity contribution in [2.24, 2.45) is 0 Å². The fraction of sp³-hybridized carbons (Fsp3) is 0.286. The predicted molar refractivity (Wildman–Crippen MR) is 104 cm³/mol. The van der Waals surface area contributed by atoms with Gasteiger partial charge in [0.05, 0.1) is 0 Å². The van der Waals surface area contributed by atoms with Gasteiger partial charge in [-0.2, -0.15) is 0 Å². The fourth-order valence-electron chi connectivity index (χ4n) is 2.35. The van der Waals surface area contributed by atoms with Crippen molar-refractivity contribution in [2.75, 3.05) is 11.9 Å². The number of hydrogen-bond donors (Lipinski definition) is 1. The molecule has 10 heteroatoms. The zero-order chi connectivity index (χ0) is 23.0. The largest absolute Gasteiger partial charge is 0.573 e. The maximum Gasteiger partial charge on any atom is 0.573 e. The molecule has 0 aliphatic carbocycles. The molecule has 0 spiro atoms. The van der Waals surface area contributed by atoms with Gasteiger partial charge in [-0.25, -0.2) is 4.79 Å². The van der Waals surface area contributed by atoms with Crippen LogP contribution < -0.4 is 14.8 Å². The van der Waals surface area contributed by atoms with Crippen LogP contribution in [-0.4, -0.2) is 36.7 Å². The lowest BCUT2D eigenvalue weighted by Gasteiger charge is -2.14. The number of hydrogen-bond acceptors (Lipinski definition) is 6. The molecule has 31 heavy (non-hydrogen) atoms. The van der Waals surface area contributed by atoms with E-state index in [0.29, 0.717) is 17.7 Å². The first-order valence-corrected chi connectivity index (χ1v) is 9.19. The van der Waals surface area contributed by atoms with Crippen LogP contribution in [0, 0.1) is 0 Å². The van der Waals surface area contributed by atoms with E-state index in [1.54, 1.807) is 31.2 Å². The second kappa shape index (κ2) is 10.5. The van der Waals surface area contributed by atoms with Crippen molar-refractivity contribution < 1.29 is 41.8 Å². The third-order valence-electron chi connectivity index (χ3n) is 3.89. The summed E-state index contributed by atoms with van der Waals surface area (Å²) >= 11 is 0. The lowest BCUT2D eigenvalue weighted by molar-refractivity contribution is -0.274. The Kier molecular flexibility index (Phi) is 8.00. The van der Waals surface area contributed by atoms with Crippen LogP contribution >= 0.6 is 0 Å². The first-order valence-electron chi connectivity index (χ1n) is 9.19. The highest BCUT2D eigenvalue weighted by atomic mass is 19.4. The van der Waals surface area contributed by atoms with E-state index in [1.807, 2.05) is 0 Å².